The minimum absolute atomic E-state index is 0.0368. The summed E-state index contributed by atoms with van der Waals surface area (Å²) < 4.78 is 26.6. The van der Waals surface area contributed by atoms with Crippen LogP contribution in [0.2, 0.25) is 10.0 Å². The largest absolute Gasteiger partial charge is 0.399 e. The van der Waals surface area contributed by atoms with Crippen LogP contribution >= 0.6 is 23.2 Å². The molecule has 8 heteroatoms. The second-order valence-electron chi connectivity index (χ2n) is 4.76. The number of hydrogen-bond acceptors (Lipinski definition) is 3. The summed E-state index contributed by atoms with van der Waals surface area (Å²) in [6.45, 7) is 0. The number of hydrogen-bond donors (Lipinski definition) is 1. The zero-order valence-electron chi connectivity index (χ0n) is 12.9. The zero-order chi connectivity index (χ0) is 18.4. The standard InChI is InChI=1S/C17H12Cl2F2N2O2/c1-25-22-9-11(6-10-2-3-12(18)7-14(10)19)17(24)23-16-5-4-13(20)8-15(16)21/h2-9H,1H3,(H,23,24)/b11-6-,22-9+. The third kappa shape index (κ3) is 5.27. The molecule has 0 fully saturated rings. The molecule has 0 radical (unpaired) electrons. The van der Waals surface area contributed by atoms with Gasteiger partial charge in [-0.2, -0.15) is 0 Å². The molecule has 0 atom stereocenters. The van der Waals surface area contributed by atoms with Crippen molar-refractivity contribution in [2.45, 2.75) is 0 Å². The number of carbonyl (C=O) groups excluding carboxylic acids is 1. The Hall–Kier alpha value is -2.44. The van der Waals surface area contributed by atoms with Gasteiger partial charge in [-0.05, 0) is 35.9 Å². The number of amides is 1. The Morgan fingerprint density at radius 3 is 2.60 bits per heavy atom. The average molecular weight is 385 g/mol. The van der Waals surface area contributed by atoms with Crippen LogP contribution in [0.5, 0.6) is 0 Å². The molecule has 0 aliphatic rings. The summed E-state index contributed by atoms with van der Waals surface area (Å²) in [7, 11) is 1.31. The highest BCUT2D eigenvalue weighted by Crippen LogP contribution is 2.23. The van der Waals surface area contributed by atoms with Gasteiger partial charge in [0.2, 0.25) is 0 Å². The van der Waals surface area contributed by atoms with Gasteiger partial charge >= 0.3 is 0 Å². The first-order valence-electron chi connectivity index (χ1n) is 6.90. The van der Waals surface area contributed by atoms with Crippen molar-refractivity contribution in [2.24, 2.45) is 5.16 Å². The maximum atomic E-state index is 13.7. The van der Waals surface area contributed by atoms with E-state index in [2.05, 4.69) is 15.3 Å². The first-order valence-corrected chi connectivity index (χ1v) is 7.66. The van der Waals surface area contributed by atoms with Gasteiger partial charge in [-0.1, -0.05) is 34.4 Å². The topological polar surface area (TPSA) is 50.7 Å². The fourth-order valence-corrected chi connectivity index (χ4v) is 2.31. The fourth-order valence-electron chi connectivity index (χ4n) is 1.84. The molecule has 0 unspecified atom stereocenters. The van der Waals surface area contributed by atoms with E-state index in [0.717, 1.165) is 18.3 Å². The zero-order valence-corrected chi connectivity index (χ0v) is 14.4. The van der Waals surface area contributed by atoms with Crippen molar-refractivity contribution >= 4 is 47.1 Å². The normalized spacial score (nSPS) is 11.6. The molecule has 0 saturated carbocycles. The minimum Gasteiger partial charge on any atom is -0.399 e. The highest BCUT2D eigenvalue weighted by Gasteiger charge is 2.13. The van der Waals surface area contributed by atoms with Crippen LogP contribution in [0.1, 0.15) is 5.56 Å². The smallest absolute Gasteiger partial charge is 0.257 e. The summed E-state index contributed by atoms with van der Waals surface area (Å²) in [6.07, 6.45) is 2.57. The van der Waals surface area contributed by atoms with Crippen molar-refractivity contribution < 1.29 is 18.4 Å². The van der Waals surface area contributed by atoms with E-state index < -0.39 is 17.5 Å². The Morgan fingerprint density at radius 2 is 1.96 bits per heavy atom. The Morgan fingerprint density at radius 1 is 1.20 bits per heavy atom. The second kappa shape index (κ2) is 8.60. The number of anilines is 1. The SMILES string of the molecule is CO/N=C/C(=C/c1ccc(Cl)cc1Cl)C(=O)Nc1ccc(F)cc1F. The van der Waals surface area contributed by atoms with Crippen molar-refractivity contribution in [1.82, 2.24) is 0 Å². The number of benzene rings is 2. The van der Waals surface area contributed by atoms with Crippen molar-refractivity contribution in [1.29, 1.82) is 0 Å². The summed E-state index contributed by atoms with van der Waals surface area (Å²) >= 11 is 11.9. The Labute approximate surface area is 152 Å². The lowest BCUT2D eigenvalue weighted by atomic mass is 10.1. The molecule has 1 amide bonds. The highest BCUT2D eigenvalue weighted by molar-refractivity contribution is 6.35. The van der Waals surface area contributed by atoms with Gasteiger partial charge in [0.05, 0.1) is 17.5 Å². The van der Waals surface area contributed by atoms with Crippen molar-refractivity contribution in [2.75, 3.05) is 12.4 Å². The maximum Gasteiger partial charge on any atom is 0.257 e. The molecule has 0 spiro atoms. The Kier molecular flexibility index (Phi) is 6.50. The van der Waals surface area contributed by atoms with Gasteiger partial charge in [0, 0.05) is 16.1 Å². The Bertz CT molecular complexity index is 855. The van der Waals surface area contributed by atoms with Gasteiger partial charge in [0.25, 0.3) is 5.91 Å². The highest BCUT2D eigenvalue weighted by atomic mass is 35.5. The monoisotopic (exact) mass is 384 g/mol. The summed E-state index contributed by atoms with van der Waals surface area (Å²) in [5, 5.41) is 6.62. The lowest BCUT2D eigenvalue weighted by molar-refractivity contribution is -0.112. The van der Waals surface area contributed by atoms with E-state index in [1.165, 1.54) is 19.3 Å². The van der Waals surface area contributed by atoms with Crippen molar-refractivity contribution in [3.8, 4) is 0 Å². The van der Waals surface area contributed by atoms with Crippen LogP contribution in [-0.4, -0.2) is 19.2 Å². The van der Waals surface area contributed by atoms with Gasteiger partial charge in [-0.25, -0.2) is 8.78 Å². The molecule has 2 rings (SSSR count). The summed E-state index contributed by atoms with van der Waals surface area (Å²) in [6, 6.07) is 7.53. The van der Waals surface area contributed by atoms with Crippen LogP contribution in [0.4, 0.5) is 14.5 Å². The molecule has 0 saturated heterocycles. The predicted molar refractivity (Wildman–Crippen MR) is 94.9 cm³/mol. The third-order valence-electron chi connectivity index (χ3n) is 3.01. The van der Waals surface area contributed by atoms with E-state index in [9.17, 15) is 13.6 Å². The van der Waals surface area contributed by atoms with Crippen LogP contribution in [0, 0.1) is 11.6 Å². The lowest BCUT2D eigenvalue weighted by Gasteiger charge is -2.08. The quantitative estimate of drug-likeness (QED) is 0.451. The molecule has 4 nitrogen and oxygen atoms in total. The summed E-state index contributed by atoms with van der Waals surface area (Å²) in [5.41, 5.74) is 0.360. The van der Waals surface area contributed by atoms with Gasteiger partial charge in [0.15, 0.2) is 0 Å². The number of nitrogens with one attached hydrogen (secondary N) is 1. The summed E-state index contributed by atoms with van der Waals surface area (Å²) in [4.78, 5) is 17.0. The molecule has 1 N–H and O–H groups in total. The number of rotatable bonds is 5. The molecule has 0 heterocycles. The molecule has 0 aliphatic carbocycles. The first-order chi connectivity index (χ1) is 11.9. The molecule has 0 bridgehead atoms. The lowest BCUT2D eigenvalue weighted by Crippen LogP contribution is -2.16. The van der Waals surface area contributed by atoms with Crippen LogP contribution in [-0.2, 0) is 9.63 Å². The molecule has 25 heavy (non-hydrogen) atoms. The fraction of sp³-hybridized carbons (Fsp3) is 0.0588. The van der Waals surface area contributed by atoms with Crippen LogP contribution in [0.25, 0.3) is 6.08 Å². The average Bonchev–Trinajstić information content (AvgIpc) is 2.55. The second-order valence-corrected chi connectivity index (χ2v) is 5.60. The molecule has 0 aliphatic heterocycles. The van der Waals surface area contributed by atoms with Crippen LogP contribution < -0.4 is 5.32 Å². The van der Waals surface area contributed by atoms with Crippen LogP contribution in [0.15, 0.2) is 47.1 Å². The van der Waals surface area contributed by atoms with Crippen LogP contribution in [0.3, 0.4) is 0 Å². The number of carbonyl (C=O) groups is 1. The molecule has 2 aromatic carbocycles. The van der Waals surface area contributed by atoms with Crippen molar-refractivity contribution in [3.05, 3.63) is 69.2 Å². The minimum atomic E-state index is -0.902. The first kappa shape index (κ1) is 18.9. The molecule has 2 aromatic rings. The third-order valence-corrected chi connectivity index (χ3v) is 3.57. The van der Waals surface area contributed by atoms with Gasteiger partial charge in [-0.15, -0.1) is 0 Å². The number of nitrogens with zero attached hydrogens (tertiary/aromatic N) is 1. The molecular weight excluding hydrogens is 373 g/mol. The van der Waals surface area contributed by atoms with E-state index >= 15 is 0 Å². The van der Waals surface area contributed by atoms with E-state index in [0.29, 0.717) is 21.7 Å². The van der Waals surface area contributed by atoms with Crippen molar-refractivity contribution in [3.63, 3.8) is 0 Å². The van der Waals surface area contributed by atoms with Gasteiger partial charge in [-0.3, -0.25) is 4.79 Å². The predicted octanol–water partition coefficient (Wildman–Crippen LogP) is 4.93. The number of halogens is 4. The van der Waals surface area contributed by atoms with E-state index in [4.69, 9.17) is 23.2 Å². The Balaban J connectivity index is 2.34. The number of oxime groups is 1. The van der Waals surface area contributed by atoms with E-state index in [1.807, 2.05) is 0 Å². The van der Waals surface area contributed by atoms with Gasteiger partial charge in [0.1, 0.15) is 18.7 Å². The summed E-state index contributed by atoms with van der Waals surface area (Å²) in [5.74, 6) is -2.33. The van der Waals surface area contributed by atoms with E-state index in [1.54, 1.807) is 12.1 Å². The maximum absolute atomic E-state index is 13.7. The van der Waals surface area contributed by atoms with E-state index in [-0.39, 0.29) is 11.3 Å². The molecule has 130 valence electrons. The molecular formula is C17H12Cl2F2N2O2. The van der Waals surface area contributed by atoms with Gasteiger partial charge < -0.3 is 10.2 Å². The molecule has 0 aromatic heterocycles.